The van der Waals surface area contributed by atoms with Gasteiger partial charge in [0.25, 0.3) is 0 Å². The zero-order valence-electron chi connectivity index (χ0n) is 10.5. The number of ether oxygens (including phenoxy) is 1. The van der Waals surface area contributed by atoms with Crippen molar-refractivity contribution in [3.05, 3.63) is 29.1 Å². The van der Waals surface area contributed by atoms with Gasteiger partial charge >= 0.3 is 0 Å². The Kier molecular flexibility index (Phi) is 3.52. The summed E-state index contributed by atoms with van der Waals surface area (Å²) in [6.45, 7) is 2.19. The summed E-state index contributed by atoms with van der Waals surface area (Å²) in [5.74, 6) is -0.245. The first kappa shape index (κ1) is 12.8. The van der Waals surface area contributed by atoms with Crippen LogP contribution in [0.1, 0.15) is 23.5 Å². The van der Waals surface area contributed by atoms with Gasteiger partial charge in [-0.15, -0.1) is 0 Å². The molecule has 0 aromatic heterocycles. The SMILES string of the molecule is COc1cc(C)c([C@@H]2CC(=O)NC[C@H]2N)c(F)c1. The van der Waals surface area contributed by atoms with Crippen LogP contribution < -0.4 is 15.8 Å². The molecule has 1 fully saturated rings. The molecule has 0 bridgehead atoms. The summed E-state index contributed by atoms with van der Waals surface area (Å²) in [7, 11) is 1.49. The molecular weight excluding hydrogens is 235 g/mol. The third-order valence-corrected chi connectivity index (χ3v) is 3.37. The summed E-state index contributed by atoms with van der Waals surface area (Å²) in [4.78, 5) is 11.4. The van der Waals surface area contributed by atoms with Gasteiger partial charge in [0, 0.05) is 31.0 Å². The fourth-order valence-electron chi connectivity index (χ4n) is 2.42. The minimum Gasteiger partial charge on any atom is -0.497 e. The van der Waals surface area contributed by atoms with E-state index in [0.717, 1.165) is 5.56 Å². The predicted octanol–water partition coefficient (Wildman–Crippen LogP) is 1.07. The van der Waals surface area contributed by atoms with Crippen LogP contribution in [0.2, 0.25) is 0 Å². The van der Waals surface area contributed by atoms with Gasteiger partial charge < -0.3 is 15.8 Å². The fourth-order valence-corrected chi connectivity index (χ4v) is 2.42. The maximum absolute atomic E-state index is 14.1. The summed E-state index contributed by atoms with van der Waals surface area (Å²) >= 11 is 0. The molecule has 1 aromatic carbocycles. The number of aryl methyl sites for hydroxylation is 1. The highest BCUT2D eigenvalue weighted by molar-refractivity contribution is 5.78. The van der Waals surface area contributed by atoms with E-state index in [-0.39, 0.29) is 30.1 Å². The van der Waals surface area contributed by atoms with Crippen LogP contribution in [0.5, 0.6) is 5.75 Å². The number of hydrogen-bond acceptors (Lipinski definition) is 3. The van der Waals surface area contributed by atoms with Crippen LogP contribution in [0.25, 0.3) is 0 Å². The number of piperidine rings is 1. The van der Waals surface area contributed by atoms with Crippen molar-refractivity contribution in [3.8, 4) is 5.75 Å². The lowest BCUT2D eigenvalue weighted by molar-refractivity contribution is -0.122. The van der Waals surface area contributed by atoms with Crippen LogP contribution in [0.15, 0.2) is 12.1 Å². The van der Waals surface area contributed by atoms with Crippen molar-refractivity contribution < 1.29 is 13.9 Å². The van der Waals surface area contributed by atoms with E-state index < -0.39 is 0 Å². The molecule has 3 N–H and O–H groups in total. The van der Waals surface area contributed by atoms with E-state index in [1.807, 2.05) is 0 Å². The van der Waals surface area contributed by atoms with E-state index in [2.05, 4.69) is 5.32 Å². The van der Waals surface area contributed by atoms with Gasteiger partial charge in [0.15, 0.2) is 0 Å². The molecule has 0 spiro atoms. The van der Waals surface area contributed by atoms with Crippen LogP contribution in [0.3, 0.4) is 0 Å². The minimum absolute atomic E-state index is 0.0867. The molecule has 1 aliphatic rings. The zero-order valence-corrected chi connectivity index (χ0v) is 10.5. The maximum atomic E-state index is 14.1. The number of carbonyl (C=O) groups excluding carboxylic acids is 1. The molecule has 1 heterocycles. The predicted molar refractivity (Wildman–Crippen MR) is 66.0 cm³/mol. The van der Waals surface area contributed by atoms with Crippen LogP contribution >= 0.6 is 0 Å². The average molecular weight is 252 g/mol. The smallest absolute Gasteiger partial charge is 0.220 e. The Balaban J connectivity index is 2.40. The topological polar surface area (TPSA) is 64.3 Å². The molecule has 2 atom stereocenters. The first-order valence-corrected chi connectivity index (χ1v) is 5.89. The Morgan fingerprint density at radius 1 is 1.50 bits per heavy atom. The molecule has 1 aromatic rings. The van der Waals surface area contributed by atoms with Crippen molar-refractivity contribution in [3.63, 3.8) is 0 Å². The average Bonchev–Trinajstić information content (AvgIpc) is 2.32. The Bertz CT molecular complexity index is 453. The summed E-state index contributed by atoms with van der Waals surface area (Å²) < 4.78 is 19.1. The number of nitrogens with two attached hydrogens (primary N) is 1. The van der Waals surface area contributed by atoms with Crippen LogP contribution in [-0.4, -0.2) is 25.6 Å². The van der Waals surface area contributed by atoms with Gasteiger partial charge in [-0.05, 0) is 24.1 Å². The molecule has 98 valence electrons. The Morgan fingerprint density at radius 3 is 2.83 bits per heavy atom. The fraction of sp³-hybridized carbons (Fsp3) is 0.462. The molecule has 1 aliphatic heterocycles. The molecule has 0 radical (unpaired) electrons. The molecule has 1 amide bonds. The lowest BCUT2D eigenvalue weighted by Crippen LogP contribution is -2.48. The first-order valence-electron chi connectivity index (χ1n) is 5.89. The van der Waals surface area contributed by atoms with E-state index in [4.69, 9.17) is 10.5 Å². The van der Waals surface area contributed by atoms with Crippen LogP contribution in [-0.2, 0) is 4.79 Å². The molecule has 0 saturated carbocycles. The van der Waals surface area contributed by atoms with Crippen molar-refractivity contribution in [2.45, 2.75) is 25.3 Å². The Hall–Kier alpha value is -1.62. The number of rotatable bonds is 2. The van der Waals surface area contributed by atoms with E-state index in [1.165, 1.54) is 13.2 Å². The van der Waals surface area contributed by atoms with Crippen molar-refractivity contribution in [1.82, 2.24) is 5.32 Å². The summed E-state index contributed by atoms with van der Waals surface area (Å²) in [5, 5.41) is 2.68. The molecule has 2 rings (SSSR count). The largest absolute Gasteiger partial charge is 0.497 e. The quantitative estimate of drug-likeness (QED) is 0.827. The van der Waals surface area contributed by atoms with Crippen molar-refractivity contribution in [1.29, 1.82) is 0 Å². The van der Waals surface area contributed by atoms with Crippen molar-refractivity contribution in [2.24, 2.45) is 5.73 Å². The van der Waals surface area contributed by atoms with Gasteiger partial charge in [0.2, 0.25) is 5.91 Å². The van der Waals surface area contributed by atoms with E-state index >= 15 is 0 Å². The van der Waals surface area contributed by atoms with Crippen molar-refractivity contribution >= 4 is 5.91 Å². The minimum atomic E-state index is -0.359. The van der Waals surface area contributed by atoms with E-state index in [1.54, 1.807) is 13.0 Å². The van der Waals surface area contributed by atoms with Crippen molar-refractivity contribution in [2.75, 3.05) is 13.7 Å². The Labute approximate surface area is 105 Å². The van der Waals surface area contributed by atoms with E-state index in [9.17, 15) is 9.18 Å². The molecule has 0 aliphatic carbocycles. The second kappa shape index (κ2) is 4.94. The number of benzene rings is 1. The normalized spacial score (nSPS) is 23.7. The van der Waals surface area contributed by atoms with Gasteiger partial charge in [0.1, 0.15) is 11.6 Å². The number of methoxy groups -OCH3 is 1. The molecule has 1 saturated heterocycles. The number of halogens is 1. The first-order chi connectivity index (χ1) is 8.52. The highest BCUT2D eigenvalue weighted by atomic mass is 19.1. The summed E-state index contributed by atoms with van der Waals surface area (Å²) in [6, 6.07) is 2.84. The number of hydrogen-bond donors (Lipinski definition) is 2. The van der Waals surface area contributed by atoms with Gasteiger partial charge in [-0.2, -0.15) is 0 Å². The molecule has 4 nitrogen and oxygen atoms in total. The van der Waals surface area contributed by atoms with Gasteiger partial charge in [0.05, 0.1) is 7.11 Å². The maximum Gasteiger partial charge on any atom is 0.220 e. The molecule has 5 heteroatoms. The summed E-state index contributed by atoms with van der Waals surface area (Å²) in [6.07, 6.45) is 0.227. The molecular formula is C13H17FN2O2. The number of nitrogens with one attached hydrogen (secondary N) is 1. The second-order valence-corrected chi connectivity index (χ2v) is 4.62. The van der Waals surface area contributed by atoms with Crippen LogP contribution in [0, 0.1) is 12.7 Å². The number of amides is 1. The third-order valence-electron chi connectivity index (χ3n) is 3.37. The standard InChI is InChI=1S/C13H17FN2O2/c1-7-3-8(18-2)4-10(14)13(7)9-5-12(17)16-6-11(9)15/h3-4,9,11H,5-6,15H2,1-2H3,(H,16,17)/t9-,11-/m1/s1. The third kappa shape index (κ3) is 2.31. The molecule has 0 unspecified atom stereocenters. The molecule has 18 heavy (non-hydrogen) atoms. The summed E-state index contributed by atoms with van der Waals surface area (Å²) in [5.41, 5.74) is 7.26. The monoisotopic (exact) mass is 252 g/mol. The van der Waals surface area contributed by atoms with Gasteiger partial charge in [-0.3, -0.25) is 4.79 Å². The second-order valence-electron chi connectivity index (χ2n) is 4.62. The lowest BCUT2D eigenvalue weighted by Gasteiger charge is -2.30. The highest BCUT2D eigenvalue weighted by Gasteiger charge is 2.31. The van der Waals surface area contributed by atoms with Gasteiger partial charge in [-0.1, -0.05) is 0 Å². The zero-order chi connectivity index (χ0) is 13.3. The van der Waals surface area contributed by atoms with Crippen LogP contribution in [0.4, 0.5) is 4.39 Å². The van der Waals surface area contributed by atoms with Gasteiger partial charge in [-0.25, -0.2) is 4.39 Å². The Morgan fingerprint density at radius 2 is 2.22 bits per heavy atom. The van der Waals surface area contributed by atoms with E-state index in [0.29, 0.717) is 17.9 Å². The number of carbonyl (C=O) groups is 1. The lowest BCUT2D eigenvalue weighted by atomic mass is 9.83. The highest BCUT2D eigenvalue weighted by Crippen LogP contribution is 2.32.